The lowest BCUT2D eigenvalue weighted by Crippen LogP contribution is -2.51. The van der Waals surface area contributed by atoms with Gasteiger partial charge in [0.2, 0.25) is 15.9 Å². The highest BCUT2D eigenvalue weighted by Gasteiger charge is 2.32. The number of carboxylic acid groups (broad SMARTS) is 1. The van der Waals surface area contributed by atoms with Crippen LogP contribution in [0.1, 0.15) is 25.7 Å². The summed E-state index contributed by atoms with van der Waals surface area (Å²) in [5, 5.41) is 15.3. The zero-order valence-electron chi connectivity index (χ0n) is 21.8. The Labute approximate surface area is 233 Å². The molecular weight excluding hydrogens is 534 g/mol. The largest absolute Gasteiger partial charge is 0.480 e. The molecule has 212 valence electrons. The van der Waals surface area contributed by atoms with Crippen molar-refractivity contribution in [1.29, 1.82) is 0 Å². The van der Waals surface area contributed by atoms with E-state index in [1.165, 1.54) is 12.1 Å². The first-order valence-corrected chi connectivity index (χ1v) is 14.5. The molecule has 3 atom stereocenters. The van der Waals surface area contributed by atoms with Crippen LogP contribution in [0.2, 0.25) is 0 Å². The highest BCUT2D eigenvalue weighted by molar-refractivity contribution is 7.89. The number of carbonyl (C=O) groups is 2. The molecule has 1 amide bonds. The smallest absolute Gasteiger partial charge is 0.323 e. The molecule has 12 heteroatoms. The third-order valence-electron chi connectivity index (χ3n) is 6.46. The van der Waals surface area contributed by atoms with Crippen molar-refractivity contribution in [2.24, 2.45) is 0 Å². The number of aliphatic carboxylic acids is 1. The number of pyridine rings is 1. The molecule has 0 aliphatic carbocycles. The standard InChI is InChI=1S/C28H33N5O6S/c34-27(24-18-22(39-32-24)10-4-6-16-29-26-11-5-7-17-30-26)31-19-25(28(35)36)33-40(37,38)23-14-12-21(13-15-23)20-8-2-1-3-9-20/h1-3,5,7-9,11-15,17,22,24-25,32-33H,4,6,10,16,18-19H2,(H,29,30)(H,31,34)(H,35,36). The van der Waals surface area contributed by atoms with Crippen LogP contribution in [0.5, 0.6) is 0 Å². The molecule has 11 nitrogen and oxygen atoms in total. The summed E-state index contributed by atoms with van der Waals surface area (Å²) in [4.78, 5) is 34.0. The average Bonchev–Trinajstić information content (AvgIpc) is 3.45. The Kier molecular flexibility index (Phi) is 10.2. The van der Waals surface area contributed by atoms with Crippen molar-refractivity contribution in [2.45, 2.75) is 48.8 Å². The average molecular weight is 568 g/mol. The van der Waals surface area contributed by atoms with E-state index in [2.05, 4.69) is 25.8 Å². The number of sulfonamides is 1. The molecule has 3 aromatic rings. The van der Waals surface area contributed by atoms with E-state index in [1.54, 1.807) is 18.3 Å². The lowest BCUT2D eigenvalue weighted by molar-refractivity contribution is -0.139. The first-order chi connectivity index (χ1) is 19.3. The third kappa shape index (κ3) is 8.33. The van der Waals surface area contributed by atoms with Crippen LogP contribution >= 0.6 is 0 Å². The molecule has 1 aliphatic rings. The summed E-state index contributed by atoms with van der Waals surface area (Å²) in [6.45, 7) is 0.349. The molecule has 0 spiro atoms. The maximum atomic E-state index is 12.8. The number of carboxylic acids is 1. The van der Waals surface area contributed by atoms with Gasteiger partial charge in [-0.3, -0.25) is 14.4 Å². The number of nitrogens with one attached hydrogen (secondary N) is 4. The first kappa shape index (κ1) is 29.2. The van der Waals surface area contributed by atoms with Gasteiger partial charge in [0.15, 0.2) is 0 Å². The molecule has 5 N–H and O–H groups in total. The topological polar surface area (TPSA) is 159 Å². The van der Waals surface area contributed by atoms with E-state index in [9.17, 15) is 23.1 Å². The van der Waals surface area contributed by atoms with Gasteiger partial charge >= 0.3 is 5.97 Å². The molecule has 0 bridgehead atoms. The predicted molar refractivity (Wildman–Crippen MR) is 150 cm³/mol. The molecule has 1 saturated heterocycles. The fourth-order valence-electron chi connectivity index (χ4n) is 4.27. The van der Waals surface area contributed by atoms with E-state index in [0.29, 0.717) is 6.42 Å². The van der Waals surface area contributed by atoms with Crippen LogP contribution in [-0.2, 0) is 24.4 Å². The summed E-state index contributed by atoms with van der Waals surface area (Å²) >= 11 is 0. The van der Waals surface area contributed by atoms with Gasteiger partial charge in [-0.15, -0.1) is 0 Å². The number of hydroxylamine groups is 1. The minimum Gasteiger partial charge on any atom is -0.480 e. The minimum absolute atomic E-state index is 0.0753. The lowest BCUT2D eigenvalue weighted by atomic mass is 10.1. The number of unbranched alkanes of at least 4 members (excludes halogenated alkanes) is 1. The Morgan fingerprint density at radius 1 is 1.00 bits per heavy atom. The summed E-state index contributed by atoms with van der Waals surface area (Å²) in [6.07, 6.45) is 4.54. The summed E-state index contributed by atoms with van der Waals surface area (Å²) in [5.74, 6) is -1.05. The molecular formula is C28H33N5O6S. The maximum Gasteiger partial charge on any atom is 0.323 e. The van der Waals surface area contributed by atoms with Gasteiger partial charge in [-0.05, 0) is 54.7 Å². The monoisotopic (exact) mass is 567 g/mol. The van der Waals surface area contributed by atoms with Crippen molar-refractivity contribution in [1.82, 2.24) is 20.5 Å². The highest BCUT2D eigenvalue weighted by atomic mass is 32.2. The first-order valence-electron chi connectivity index (χ1n) is 13.1. The minimum atomic E-state index is -4.14. The van der Waals surface area contributed by atoms with Crippen molar-refractivity contribution >= 4 is 27.7 Å². The van der Waals surface area contributed by atoms with Crippen LogP contribution in [-0.4, -0.2) is 61.7 Å². The summed E-state index contributed by atoms with van der Waals surface area (Å²) in [5.41, 5.74) is 4.45. The summed E-state index contributed by atoms with van der Waals surface area (Å²) in [7, 11) is -4.14. The number of benzene rings is 2. The molecule has 1 fully saturated rings. The second-order valence-corrected chi connectivity index (χ2v) is 11.1. The lowest BCUT2D eigenvalue weighted by Gasteiger charge is -2.17. The number of rotatable bonds is 14. The van der Waals surface area contributed by atoms with Crippen LogP contribution in [0.4, 0.5) is 5.82 Å². The Morgan fingerprint density at radius 2 is 1.73 bits per heavy atom. The summed E-state index contributed by atoms with van der Waals surface area (Å²) < 4.78 is 27.8. The number of carbonyl (C=O) groups excluding carboxylic acids is 1. The third-order valence-corrected chi connectivity index (χ3v) is 7.95. The normalized spacial score (nSPS) is 17.7. The predicted octanol–water partition coefficient (Wildman–Crippen LogP) is 2.54. The fourth-order valence-corrected chi connectivity index (χ4v) is 5.46. The maximum absolute atomic E-state index is 12.8. The van der Waals surface area contributed by atoms with Crippen molar-refractivity contribution in [3.63, 3.8) is 0 Å². The Balaban J connectivity index is 1.21. The number of anilines is 1. The molecule has 3 unspecified atom stereocenters. The number of hydrogen-bond acceptors (Lipinski definition) is 8. The molecule has 2 heterocycles. The van der Waals surface area contributed by atoms with Gasteiger partial charge < -0.3 is 15.7 Å². The van der Waals surface area contributed by atoms with E-state index in [0.717, 1.165) is 42.8 Å². The zero-order chi connectivity index (χ0) is 28.4. The second-order valence-electron chi connectivity index (χ2n) is 9.43. The Morgan fingerprint density at radius 3 is 2.42 bits per heavy atom. The quantitative estimate of drug-likeness (QED) is 0.185. The number of amides is 1. The summed E-state index contributed by atoms with van der Waals surface area (Å²) in [6, 6.07) is 19.0. The van der Waals surface area contributed by atoms with Gasteiger partial charge in [0.1, 0.15) is 17.9 Å². The van der Waals surface area contributed by atoms with E-state index in [1.807, 2.05) is 48.5 Å². The van der Waals surface area contributed by atoms with E-state index in [-0.39, 0.29) is 11.0 Å². The van der Waals surface area contributed by atoms with Gasteiger partial charge in [0, 0.05) is 25.7 Å². The van der Waals surface area contributed by atoms with Crippen molar-refractivity contribution in [2.75, 3.05) is 18.4 Å². The Hall–Kier alpha value is -3.84. The zero-order valence-corrected chi connectivity index (χ0v) is 22.6. The number of aromatic nitrogens is 1. The van der Waals surface area contributed by atoms with Gasteiger partial charge in [-0.1, -0.05) is 48.5 Å². The van der Waals surface area contributed by atoms with E-state index < -0.39 is 40.5 Å². The molecule has 2 aromatic carbocycles. The fraction of sp³-hybridized carbons (Fsp3) is 0.321. The van der Waals surface area contributed by atoms with Crippen molar-refractivity contribution in [3.8, 4) is 11.1 Å². The number of hydrogen-bond donors (Lipinski definition) is 5. The van der Waals surface area contributed by atoms with Crippen LogP contribution < -0.4 is 20.8 Å². The molecule has 40 heavy (non-hydrogen) atoms. The van der Waals surface area contributed by atoms with E-state index >= 15 is 0 Å². The van der Waals surface area contributed by atoms with Crippen LogP contribution in [0.15, 0.2) is 83.9 Å². The second kappa shape index (κ2) is 14.0. The van der Waals surface area contributed by atoms with E-state index in [4.69, 9.17) is 4.84 Å². The van der Waals surface area contributed by atoms with Crippen LogP contribution in [0, 0.1) is 0 Å². The molecule has 0 radical (unpaired) electrons. The number of nitrogens with zero attached hydrogens (tertiary/aromatic N) is 1. The van der Waals surface area contributed by atoms with Gasteiger partial charge in [-0.25, -0.2) is 13.4 Å². The Bertz CT molecular complexity index is 1360. The molecule has 0 saturated carbocycles. The van der Waals surface area contributed by atoms with Crippen molar-refractivity contribution in [3.05, 3.63) is 79.0 Å². The highest BCUT2D eigenvalue weighted by Crippen LogP contribution is 2.21. The van der Waals surface area contributed by atoms with Crippen LogP contribution in [0.3, 0.4) is 0 Å². The van der Waals surface area contributed by atoms with Crippen molar-refractivity contribution < 1.29 is 28.0 Å². The molecule has 1 aromatic heterocycles. The van der Waals surface area contributed by atoms with Crippen LogP contribution in [0.25, 0.3) is 11.1 Å². The molecule has 4 rings (SSSR count). The molecule has 1 aliphatic heterocycles. The van der Waals surface area contributed by atoms with Gasteiger partial charge in [0.05, 0.1) is 11.0 Å². The van der Waals surface area contributed by atoms with Gasteiger partial charge in [-0.2, -0.15) is 10.2 Å². The SMILES string of the molecule is O=C(O)C(CNC(=O)C1CC(CCCCNc2ccccn2)ON1)NS(=O)(=O)c1ccc(-c2ccccc2)cc1. The van der Waals surface area contributed by atoms with Gasteiger partial charge in [0.25, 0.3) is 0 Å².